The lowest BCUT2D eigenvalue weighted by Gasteiger charge is -2.31. The van der Waals surface area contributed by atoms with Crippen LogP contribution in [0.15, 0.2) is 46.3 Å². The highest BCUT2D eigenvalue weighted by molar-refractivity contribution is 7.09. The molecule has 150 valence electrons. The summed E-state index contributed by atoms with van der Waals surface area (Å²) >= 11 is 1.63. The summed E-state index contributed by atoms with van der Waals surface area (Å²) in [5.74, 6) is 1.03. The lowest BCUT2D eigenvalue weighted by molar-refractivity contribution is -0.126. The first-order valence-electron chi connectivity index (χ1n) is 9.60. The quantitative estimate of drug-likeness (QED) is 0.697. The zero-order valence-electron chi connectivity index (χ0n) is 16.1. The molecule has 3 heterocycles. The van der Waals surface area contributed by atoms with Gasteiger partial charge in [-0.1, -0.05) is 23.4 Å². The van der Waals surface area contributed by atoms with Crippen LogP contribution in [0.2, 0.25) is 0 Å². The maximum Gasteiger partial charge on any atom is 0.253 e. The monoisotopic (exact) mass is 410 g/mol. The summed E-state index contributed by atoms with van der Waals surface area (Å²) in [6.45, 7) is 3.48. The van der Waals surface area contributed by atoms with Crippen LogP contribution in [0, 0.1) is 12.8 Å². The van der Waals surface area contributed by atoms with E-state index in [9.17, 15) is 9.59 Å². The number of piperidine rings is 1. The van der Waals surface area contributed by atoms with Gasteiger partial charge < -0.3 is 14.7 Å². The van der Waals surface area contributed by atoms with Gasteiger partial charge in [0.25, 0.3) is 5.91 Å². The second kappa shape index (κ2) is 8.57. The molecular weight excluding hydrogens is 388 g/mol. The highest BCUT2D eigenvalue weighted by atomic mass is 32.1. The molecule has 0 unspecified atom stereocenters. The van der Waals surface area contributed by atoms with Crippen molar-refractivity contribution in [2.24, 2.45) is 5.92 Å². The third-order valence-electron chi connectivity index (χ3n) is 5.09. The van der Waals surface area contributed by atoms with Crippen molar-refractivity contribution in [3.8, 4) is 11.4 Å². The molecule has 0 spiro atoms. The molecule has 1 N–H and O–H groups in total. The van der Waals surface area contributed by atoms with E-state index in [1.165, 1.54) is 0 Å². The minimum atomic E-state index is -0.0390. The largest absolute Gasteiger partial charge is 0.351 e. The molecule has 1 aromatic carbocycles. The fourth-order valence-electron chi connectivity index (χ4n) is 3.44. The molecule has 1 saturated heterocycles. The van der Waals surface area contributed by atoms with Gasteiger partial charge in [0, 0.05) is 41.9 Å². The third kappa shape index (κ3) is 4.54. The van der Waals surface area contributed by atoms with E-state index in [2.05, 4.69) is 15.5 Å². The van der Waals surface area contributed by atoms with Crippen molar-refractivity contribution in [2.75, 3.05) is 13.1 Å². The number of likely N-dealkylation sites (tertiary alicyclic amines) is 1. The Kier molecular flexibility index (Phi) is 5.71. The average Bonchev–Trinajstić information content (AvgIpc) is 3.43. The van der Waals surface area contributed by atoms with Crippen molar-refractivity contribution in [3.05, 3.63) is 58.1 Å². The minimum absolute atomic E-state index is 0.0155. The van der Waals surface area contributed by atoms with Gasteiger partial charge in [0.1, 0.15) is 0 Å². The zero-order chi connectivity index (χ0) is 20.2. The Hall–Kier alpha value is -3.00. The number of hydrogen-bond acceptors (Lipinski definition) is 6. The van der Waals surface area contributed by atoms with Crippen LogP contribution in [0.1, 0.15) is 34.0 Å². The van der Waals surface area contributed by atoms with Gasteiger partial charge in [0.15, 0.2) is 0 Å². The van der Waals surface area contributed by atoms with Crippen molar-refractivity contribution in [2.45, 2.75) is 26.3 Å². The molecule has 2 amide bonds. The molecule has 0 atom stereocenters. The Balaban J connectivity index is 1.30. The highest BCUT2D eigenvalue weighted by Crippen LogP contribution is 2.21. The van der Waals surface area contributed by atoms with Crippen molar-refractivity contribution in [3.63, 3.8) is 0 Å². The second-order valence-corrected chi connectivity index (χ2v) is 8.11. The van der Waals surface area contributed by atoms with E-state index in [1.54, 1.807) is 30.4 Å². The van der Waals surface area contributed by atoms with Crippen LogP contribution in [0.4, 0.5) is 0 Å². The number of carbonyl (C=O) groups excluding carboxylic acids is 2. The van der Waals surface area contributed by atoms with Crippen LogP contribution in [-0.4, -0.2) is 39.9 Å². The summed E-state index contributed by atoms with van der Waals surface area (Å²) in [6.07, 6.45) is 1.37. The number of thiophene rings is 1. The van der Waals surface area contributed by atoms with Crippen LogP contribution in [-0.2, 0) is 11.3 Å². The molecule has 0 radical (unpaired) electrons. The molecule has 8 heteroatoms. The molecule has 1 fully saturated rings. The van der Waals surface area contributed by atoms with Gasteiger partial charge in [0.2, 0.25) is 17.6 Å². The smallest absolute Gasteiger partial charge is 0.253 e. The van der Waals surface area contributed by atoms with E-state index in [1.807, 2.05) is 34.5 Å². The Labute approximate surface area is 172 Å². The van der Waals surface area contributed by atoms with Crippen molar-refractivity contribution < 1.29 is 14.1 Å². The van der Waals surface area contributed by atoms with Crippen LogP contribution >= 0.6 is 11.3 Å². The minimum Gasteiger partial charge on any atom is -0.351 e. The summed E-state index contributed by atoms with van der Waals surface area (Å²) in [7, 11) is 0. The molecule has 4 rings (SSSR count). The Bertz CT molecular complexity index is 974. The number of aromatic nitrogens is 2. The number of carbonyl (C=O) groups is 2. The highest BCUT2D eigenvalue weighted by Gasteiger charge is 2.27. The molecule has 0 aliphatic carbocycles. The van der Waals surface area contributed by atoms with E-state index in [0.29, 0.717) is 49.8 Å². The van der Waals surface area contributed by atoms with Gasteiger partial charge in [-0.05, 0) is 36.4 Å². The predicted molar refractivity (Wildman–Crippen MR) is 109 cm³/mol. The van der Waals surface area contributed by atoms with Gasteiger partial charge in [-0.25, -0.2) is 0 Å². The molecule has 1 aliphatic rings. The number of benzene rings is 1. The number of hydrogen-bond donors (Lipinski definition) is 1. The van der Waals surface area contributed by atoms with E-state index < -0.39 is 0 Å². The molecule has 29 heavy (non-hydrogen) atoms. The van der Waals surface area contributed by atoms with Crippen LogP contribution in [0.3, 0.4) is 0 Å². The Morgan fingerprint density at radius 3 is 2.59 bits per heavy atom. The molecular formula is C21H22N4O3S. The SMILES string of the molecule is Cc1nc(-c2ccc(C(=O)N3CCC(C(=O)NCc4cccs4)CC3)cc2)no1. The average molecular weight is 410 g/mol. The van der Waals surface area contributed by atoms with E-state index in [4.69, 9.17) is 4.52 Å². The Morgan fingerprint density at radius 1 is 1.21 bits per heavy atom. The summed E-state index contributed by atoms with van der Waals surface area (Å²) in [5, 5.41) is 8.89. The first kappa shape index (κ1) is 19.3. The summed E-state index contributed by atoms with van der Waals surface area (Å²) in [5.41, 5.74) is 1.43. The maximum atomic E-state index is 12.8. The van der Waals surface area contributed by atoms with Gasteiger partial charge in [-0.3, -0.25) is 9.59 Å². The molecule has 0 bridgehead atoms. The van der Waals surface area contributed by atoms with Gasteiger partial charge in [0.05, 0.1) is 6.54 Å². The number of rotatable bonds is 5. The molecule has 0 saturated carbocycles. The first-order chi connectivity index (χ1) is 14.1. The summed E-state index contributed by atoms with van der Waals surface area (Å²) < 4.78 is 4.99. The number of nitrogens with zero attached hydrogens (tertiary/aromatic N) is 3. The fourth-order valence-corrected chi connectivity index (χ4v) is 4.08. The predicted octanol–water partition coefficient (Wildman–Crippen LogP) is 3.28. The maximum absolute atomic E-state index is 12.8. The first-order valence-corrected chi connectivity index (χ1v) is 10.5. The summed E-state index contributed by atoms with van der Waals surface area (Å²) in [6, 6.07) is 11.2. The van der Waals surface area contributed by atoms with Crippen molar-refractivity contribution in [1.29, 1.82) is 0 Å². The standard InChI is InChI=1S/C21H22N4O3S/c1-14-23-19(24-28-14)15-4-6-17(7-5-15)21(27)25-10-8-16(9-11-25)20(26)22-13-18-3-2-12-29-18/h2-7,12,16H,8-11,13H2,1H3,(H,22,26). The number of amides is 2. The lowest BCUT2D eigenvalue weighted by Crippen LogP contribution is -2.42. The van der Waals surface area contributed by atoms with Crippen LogP contribution < -0.4 is 5.32 Å². The normalized spacial score (nSPS) is 14.7. The molecule has 7 nitrogen and oxygen atoms in total. The fraction of sp³-hybridized carbons (Fsp3) is 0.333. The van der Waals surface area contributed by atoms with E-state index >= 15 is 0 Å². The van der Waals surface area contributed by atoms with Gasteiger partial charge >= 0.3 is 0 Å². The van der Waals surface area contributed by atoms with Crippen LogP contribution in [0.5, 0.6) is 0 Å². The van der Waals surface area contributed by atoms with E-state index in [-0.39, 0.29) is 17.7 Å². The lowest BCUT2D eigenvalue weighted by atomic mass is 9.95. The van der Waals surface area contributed by atoms with Crippen LogP contribution in [0.25, 0.3) is 11.4 Å². The summed E-state index contributed by atoms with van der Waals surface area (Å²) in [4.78, 5) is 32.3. The zero-order valence-corrected chi connectivity index (χ0v) is 16.9. The van der Waals surface area contributed by atoms with Gasteiger partial charge in [-0.2, -0.15) is 4.98 Å². The van der Waals surface area contributed by atoms with Crippen molar-refractivity contribution >= 4 is 23.2 Å². The molecule has 2 aromatic heterocycles. The topological polar surface area (TPSA) is 88.3 Å². The van der Waals surface area contributed by atoms with Crippen molar-refractivity contribution in [1.82, 2.24) is 20.4 Å². The number of nitrogens with one attached hydrogen (secondary N) is 1. The molecule has 1 aliphatic heterocycles. The van der Waals surface area contributed by atoms with E-state index in [0.717, 1.165) is 10.4 Å². The number of aryl methyl sites for hydroxylation is 1. The molecule has 3 aromatic rings. The van der Waals surface area contributed by atoms with Gasteiger partial charge in [-0.15, -0.1) is 11.3 Å². The second-order valence-electron chi connectivity index (χ2n) is 7.08. The Morgan fingerprint density at radius 2 is 1.97 bits per heavy atom. The third-order valence-corrected chi connectivity index (χ3v) is 5.96.